The summed E-state index contributed by atoms with van der Waals surface area (Å²) in [6.45, 7) is 0.0451. The van der Waals surface area contributed by atoms with Gasteiger partial charge < -0.3 is 18.4 Å². The van der Waals surface area contributed by atoms with E-state index in [9.17, 15) is 0 Å². The minimum absolute atomic E-state index is 0.0225. The van der Waals surface area contributed by atoms with Gasteiger partial charge in [0.25, 0.3) is 0 Å². The second-order valence-corrected chi connectivity index (χ2v) is 11.3. The number of rotatable bonds is 0. The van der Waals surface area contributed by atoms with Crippen molar-refractivity contribution >= 4 is 57.4 Å². The Hall–Kier alpha value is -5.09. The first-order chi connectivity index (χ1) is 19.8. The molecule has 0 spiro atoms. The maximum atomic E-state index is 6.75. The lowest BCUT2D eigenvalue weighted by Crippen LogP contribution is -2.57. The summed E-state index contributed by atoms with van der Waals surface area (Å²) < 4.78 is 18.3. The summed E-state index contributed by atoms with van der Waals surface area (Å²) >= 11 is 0. The average molecular weight is 508 g/mol. The predicted molar refractivity (Wildman–Crippen MR) is 162 cm³/mol. The molecule has 6 heteroatoms. The lowest BCUT2D eigenvalue weighted by Gasteiger charge is -2.36. The van der Waals surface area contributed by atoms with E-state index >= 15 is 0 Å². The van der Waals surface area contributed by atoms with E-state index in [1.165, 1.54) is 55.0 Å². The Morgan fingerprint density at radius 3 is 1.40 bits per heavy atom. The van der Waals surface area contributed by atoms with Crippen molar-refractivity contribution in [3.8, 4) is 45.3 Å². The standard InChI is InChI=1S/C34H18B2N2O2/c1-5-19-13-15-37-33(19)23(9-1)21-7-3-11-27-31(21)35(37)25-17-30-26(18-29(25)39-27)36-32-22(8-4-12-28(32)40-30)24-10-2-6-20-14-16-38(36)34(20)24/h1-18H. The van der Waals surface area contributed by atoms with Crippen LogP contribution in [0.15, 0.2) is 109 Å². The SMILES string of the molecule is c1cc2c3c(c1)-c1cccc4ccn(c14)B3c1cc3c(cc1O2)B1c2c(cccc2-c2cccc4ccn1c24)O3. The second-order valence-electron chi connectivity index (χ2n) is 11.3. The van der Waals surface area contributed by atoms with Gasteiger partial charge in [0.2, 0.25) is 0 Å². The van der Waals surface area contributed by atoms with Crippen LogP contribution in [0.3, 0.4) is 0 Å². The molecular formula is C34H18B2N2O2. The van der Waals surface area contributed by atoms with Gasteiger partial charge in [-0.2, -0.15) is 0 Å². The zero-order valence-electron chi connectivity index (χ0n) is 21.3. The van der Waals surface area contributed by atoms with Gasteiger partial charge in [0.15, 0.2) is 0 Å². The number of fused-ring (bicyclic) bond motifs is 8. The molecule has 40 heavy (non-hydrogen) atoms. The summed E-state index contributed by atoms with van der Waals surface area (Å²) in [5, 5.41) is 2.52. The number of hydrogen-bond acceptors (Lipinski definition) is 2. The first-order valence-electron chi connectivity index (χ1n) is 13.8. The lowest BCUT2D eigenvalue weighted by molar-refractivity contribution is 0.475. The fraction of sp³-hybridized carbons (Fsp3) is 0. The molecule has 182 valence electrons. The van der Waals surface area contributed by atoms with E-state index < -0.39 is 0 Å². The first-order valence-corrected chi connectivity index (χ1v) is 13.8. The summed E-state index contributed by atoms with van der Waals surface area (Å²) in [4.78, 5) is 0. The Kier molecular flexibility index (Phi) is 3.26. The van der Waals surface area contributed by atoms with Gasteiger partial charge in [-0.25, -0.2) is 0 Å². The molecule has 7 aromatic rings. The van der Waals surface area contributed by atoms with E-state index in [1.54, 1.807) is 0 Å². The van der Waals surface area contributed by atoms with Crippen molar-refractivity contribution in [1.82, 2.24) is 8.96 Å². The maximum absolute atomic E-state index is 6.75. The van der Waals surface area contributed by atoms with Gasteiger partial charge in [0.1, 0.15) is 23.0 Å². The van der Waals surface area contributed by atoms with E-state index in [1.807, 2.05) is 0 Å². The van der Waals surface area contributed by atoms with Crippen molar-refractivity contribution < 1.29 is 9.47 Å². The molecule has 0 radical (unpaired) electrons. The molecule has 0 amide bonds. The van der Waals surface area contributed by atoms with Crippen LogP contribution in [0.1, 0.15) is 0 Å². The number of ether oxygens (including phenoxy) is 2. The lowest BCUT2D eigenvalue weighted by atomic mass is 9.43. The molecule has 0 unspecified atom stereocenters. The third-order valence-electron chi connectivity index (χ3n) is 9.47. The highest BCUT2D eigenvalue weighted by Gasteiger charge is 2.44. The highest BCUT2D eigenvalue weighted by Crippen LogP contribution is 2.41. The van der Waals surface area contributed by atoms with Gasteiger partial charge in [-0.15, -0.1) is 0 Å². The summed E-state index contributed by atoms with van der Waals surface area (Å²) in [7, 11) is 0. The molecule has 0 aliphatic carbocycles. The van der Waals surface area contributed by atoms with Crippen molar-refractivity contribution in [3.05, 3.63) is 109 Å². The number of hydrogen-bond donors (Lipinski definition) is 0. The largest absolute Gasteiger partial charge is 0.458 e. The van der Waals surface area contributed by atoms with Crippen LogP contribution in [0.2, 0.25) is 0 Å². The summed E-state index contributed by atoms with van der Waals surface area (Å²) in [5.74, 6) is 3.67. The number of nitrogens with zero attached hydrogens (tertiary/aromatic N) is 2. The van der Waals surface area contributed by atoms with Gasteiger partial charge in [0, 0.05) is 33.1 Å². The molecule has 4 nitrogen and oxygen atoms in total. The molecule has 0 N–H and O–H groups in total. The summed E-state index contributed by atoms with van der Waals surface area (Å²) in [6.07, 6.45) is 4.45. The Balaban J connectivity index is 1.21. The second kappa shape index (κ2) is 6.54. The molecule has 0 saturated heterocycles. The molecule has 4 aliphatic rings. The van der Waals surface area contributed by atoms with Crippen LogP contribution in [0.5, 0.6) is 23.0 Å². The first kappa shape index (κ1) is 19.9. The normalized spacial score (nSPS) is 14.3. The third kappa shape index (κ3) is 2.15. The minimum atomic E-state index is 0.0225. The zero-order chi connectivity index (χ0) is 25.7. The fourth-order valence-electron chi connectivity index (χ4n) is 7.92. The smallest absolute Gasteiger partial charge is 0.336 e. The van der Waals surface area contributed by atoms with Crippen molar-refractivity contribution in [3.63, 3.8) is 0 Å². The van der Waals surface area contributed by atoms with E-state index in [4.69, 9.17) is 9.47 Å². The molecule has 0 atom stereocenters. The van der Waals surface area contributed by atoms with Gasteiger partial charge >= 0.3 is 13.7 Å². The minimum Gasteiger partial charge on any atom is -0.458 e. The molecule has 5 aromatic carbocycles. The Morgan fingerprint density at radius 2 is 0.900 bits per heavy atom. The van der Waals surface area contributed by atoms with E-state index in [-0.39, 0.29) is 13.7 Å². The molecule has 0 saturated carbocycles. The summed E-state index contributed by atoms with van der Waals surface area (Å²) in [5.41, 5.74) is 12.3. The topological polar surface area (TPSA) is 28.3 Å². The summed E-state index contributed by atoms with van der Waals surface area (Å²) in [6, 6.07) is 35.0. The molecule has 0 bridgehead atoms. The van der Waals surface area contributed by atoms with Crippen LogP contribution in [0.4, 0.5) is 0 Å². The third-order valence-corrected chi connectivity index (χ3v) is 9.47. The van der Waals surface area contributed by atoms with Crippen molar-refractivity contribution in [2.24, 2.45) is 0 Å². The Bertz CT molecular complexity index is 2150. The van der Waals surface area contributed by atoms with Gasteiger partial charge in [-0.1, -0.05) is 60.7 Å². The molecular weight excluding hydrogens is 490 g/mol. The number of benzene rings is 5. The molecule has 11 rings (SSSR count). The fourth-order valence-corrected chi connectivity index (χ4v) is 7.92. The van der Waals surface area contributed by atoms with Crippen molar-refractivity contribution in [2.75, 3.05) is 0 Å². The van der Waals surface area contributed by atoms with Crippen LogP contribution in [0, 0.1) is 0 Å². The van der Waals surface area contributed by atoms with Gasteiger partial charge in [-0.3, -0.25) is 0 Å². The quantitative estimate of drug-likeness (QED) is 0.268. The Labute approximate surface area is 230 Å². The predicted octanol–water partition coefficient (Wildman–Crippen LogP) is 5.08. The van der Waals surface area contributed by atoms with E-state index in [2.05, 4.69) is 118 Å². The van der Waals surface area contributed by atoms with Crippen LogP contribution in [-0.2, 0) is 0 Å². The highest BCUT2D eigenvalue weighted by atomic mass is 16.5. The van der Waals surface area contributed by atoms with Crippen LogP contribution < -0.4 is 31.3 Å². The van der Waals surface area contributed by atoms with Crippen molar-refractivity contribution in [2.45, 2.75) is 0 Å². The molecule has 4 aliphatic heterocycles. The maximum Gasteiger partial charge on any atom is 0.336 e. The van der Waals surface area contributed by atoms with Crippen molar-refractivity contribution in [1.29, 1.82) is 0 Å². The molecule has 0 fully saturated rings. The van der Waals surface area contributed by atoms with E-state index in [0.717, 1.165) is 33.9 Å². The molecule has 2 aromatic heterocycles. The van der Waals surface area contributed by atoms with Gasteiger partial charge in [-0.05, 0) is 81.6 Å². The highest BCUT2D eigenvalue weighted by molar-refractivity contribution is 6.90. The van der Waals surface area contributed by atoms with Crippen LogP contribution in [-0.4, -0.2) is 22.7 Å². The monoisotopic (exact) mass is 508 g/mol. The number of para-hydroxylation sites is 2. The van der Waals surface area contributed by atoms with Gasteiger partial charge in [0.05, 0.1) is 0 Å². The van der Waals surface area contributed by atoms with Crippen LogP contribution >= 0.6 is 0 Å². The zero-order valence-corrected chi connectivity index (χ0v) is 21.3. The molecule has 6 heterocycles. The average Bonchev–Trinajstić information content (AvgIpc) is 3.62. The van der Waals surface area contributed by atoms with E-state index in [0.29, 0.717) is 0 Å². The number of aromatic nitrogens is 2. The Morgan fingerprint density at radius 1 is 0.450 bits per heavy atom. The van der Waals surface area contributed by atoms with Crippen LogP contribution in [0.25, 0.3) is 44.1 Å².